The van der Waals surface area contributed by atoms with Crippen LogP contribution in [0.5, 0.6) is 0 Å². The maximum Gasteiger partial charge on any atom is 0.185 e. The topological polar surface area (TPSA) is 17.1 Å². The molecule has 78 valence electrons. The second kappa shape index (κ2) is 3.66. The lowest BCUT2D eigenvalue weighted by Gasteiger charge is -2.11. The number of rotatable bonds is 3. The Bertz CT molecular complexity index is 433. The Hall–Kier alpha value is -0.790. The molecule has 0 radical (unpaired) electrons. The van der Waals surface area contributed by atoms with Crippen molar-refractivity contribution in [2.45, 2.75) is 17.7 Å². The minimum Gasteiger partial charge on any atom is -0.289 e. The molecule has 3 heteroatoms. The van der Waals surface area contributed by atoms with Crippen LogP contribution in [-0.4, -0.2) is 5.78 Å². The molecule has 1 aliphatic carbocycles. The first-order valence-electron chi connectivity index (χ1n) is 4.72. The van der Waals surface area contributed by atoms with Crippen molar-refractivity contribution in [2.24, 2.45) is 0 Å². The number of hydrogen-bond donors (Lipinski definition) is 0. The predicted molar refractivity (Wildman–Crippen MR) is 62.7 cm³/mol. The van der Waals surface area contributed by atoms with E-state index < -0.39 is 0 Å². The fraction of sp³-hybridized carbons (Fsp3) is 0.250. The Morgan fingerprint density at radius 2 is 2.13 bits per heavy atom. The van der Waals surface area contributed by atoms with E-state index in [4.69, 9.17) is 23.2 Å². The highest BCUT2D eigenvalue weighted by Gasteiger charge is 2.44. The van der Waals surface area contributed by atoms with Gasteiger partial charge in [-0.1, -0.05) is 18.2 Å². The monoisotopic (exact) mass is 240 g/mol. The van der Waals surface area contributed by atoms with Gasteiger partial charge in [-0.05, 0) is 42.7 Å². The molecule has 2 rings (SSSR count). The summed E-state index contributed by atoms with van der Waals surface area (Å²) in [5, 5.41) is 0.609. The van der Waals surface area contributed by atoms with Crippen LogP contribution in [0, 0.1) is 0 Å². The summed E-state index contributed by atoms with van der Waals surface area (Å²) in [6.45, 7) is 3.48. The third kappa shape index (κ3) is 1.95. The molecule has 0 amide bonds. The number of benzene rings is 1. The van der Waals surface area contributed by atoms with Crippen molar-refractivity contribution in [3.63, 3.8) is 0 Å². The minimum atomic E-state index is -0.376. The summed E-state index contributed by atoms with van der Waals surface area (Å²) in [7, 11) is 0. The van der Waals surface area contributed by atoms with Crippen molar-refractivity contribution in [3.05, 3.63) is 47.0 Å². The van der Waals surface area contributed by atoms with Crippen molar-refractivity contribution in [1.82, 2.24) is 0 Å². The first-order valence-corrected chi connectivity index (χ1v) is 5.48. The van der Waals surface area contributed by atoms with E-state index in [1.54, 1.807) is 18.2 Å². The number of allylic oxidation sites excluding steroid dienone is 1. The quantitative estimate of drug-likeness (QED) is 0.445. The second-order valence-electron chi connectivity index (χ2n) is 3.72. The molecule has 0 unspecified atom stereocenters. The highest BCUT2D eigenvalue weighted by Crippen LogP contribution is 2.53. The molecule has 1 aromatic rings. The molecule has 0 N–H and O–H groups in total. The lowest BCUT2D eigenvalue weighted by Crippen LogP contribution is -2.06. The molecule has 0 atom stereocenters. The van der Waals surface area contributed by atoms with E-state index in [0.29, 0.717) is 10.6 Å². The SMILES string of the molecule is C=CC(=O)c1ccc(Cl)cc1C1(Cl)CC1. The number of alkyl halides is 1. The third-order valence-corrected chi connectivity index (χ3v) is 3.42. The molecule has 1 aromatic carbocycles. The van der Waals surface area contributed by atoms with E-state index in [1.165, 1.54) is 6.08 Å². The molecule has 0 heterocycles. The summed E-state index contributed by atoms with van der Waals surface area (Å²) in [6, 6.07) is 5.19. The van der Waals surface area contributed by atoms with Gasteiger partial charge in [-0.2, -0.15) is 0 Å². The van der Waals surface area contributed by atoms with Crippen molar-refractivity contribution in [2.75, 3.05) is 0 Å². The molecular weight excluding hydrogens is 231 g/mol. The van der Waals surface area contributed by atoms with Crippen LogP contribution < -0.4 is 0 Å². The van der Waals surface area contributed by atoms with E-state index in [-0.39, 0.29) is 10.7 Å². The van der Waals surface area contributed by atoms with Gasteiger partial charge in [0.25, 0.3) is 0 Å². The zero-order valence-corrected chi connectivity index (χ0v) is 9.61. The van der Waals surface area contributed by atoms with Crippen LogP contribution in [0.25, 0.3) is 0 Å². The molecule has 1 saturated carbocycles. The van der Waals surface area contributed by atoms with E-state index in [2.05, 4.69) is 6.58 Å². The lowest BCUT2D eigenvalue weighted by atomic mass is 9.99. The number of halogens is 2. The first kappa shape index (κ1) is 10.7. The largest absolute Gasteiger partial charge is 0.289 e. The van der Waals surface area contributed by atoms with Gasteiger partial charge in [-0.3, -0.25) is 4.79 Å². The molecule has 0 bridgehead atoms. The smallest absolute Gasteiger partial charge is 0.185 e. The Balaban J connectivity index is 2.54. The number of ketones is 1. The van der Waals surface area contributed by atoms with Crippen LogP contribution in [0.4, 0.5) is 0 Å². The summed E-state index contributed by atoms with van der Waals surface area (Å²) in [6.07, 6.45) is 3.09. The van der Waals surface area contributed by atoms with E-state index in [1.807, 2.05) is 0 Å². The molecule has 0 aliphatic heterocycles. The van der Waals surface area contributed by atoms with Crippen molar-refractivity contribution < 1.29 is 4.79 Å². The molecule has 1 aliphatic rings. The molecule has 1 nitrogen and oxygen atoms in total. The average Bonchev–Trinajstić information content (AvgIpc) is 2.97. The maximum absolute atomic E-state index is 11.6. The molecule has 0 saturated heterocycles. The maximum atomic E-state index is 11.6. The average molecular weight is 241 g/mol. The van der Waals surface area contributed by atoms with Gasteiger partial charge in [0.1, 0.15) is 0 Å². The van der Waals surface area contributed by atoms with Gasteiger partial charge in [-0.15, -0.1) is 11.6 Å². The highest BCUT2D eigenvalue weighted by molar-refractivity contribution is 6.31. The van der Waals surface area contributed by atoms with Crippen LogP contribution in [0.15, 0.2) is 30.9 Å². The Morgan fingerprint density at radius 1 is 1.47 bits per heavy atom. The van der Waals surface area contributed by atoms with E-state index in [0.717, 1.165) is 18.4 Å². The van der Waals surface area contributed by atoms with E-state index >= 15 is 0 Å². The Labute approximate surface area is 98.7 Å². The van der Waals surface area contributed by atoms with Crippen LogP contribution in [0.1, 0.15) is 28.8 Å². The number of carbonyl (C=O) groups excluding carboxylic acids is 1. The lowest BCUT2D eigenvalue weighted by molar-refractivity contribution is 0.104. The van der Waals surface area contributed by atoms with Crippen LogP contribution in [-0.2, 0) is 4.87 Å². The normalized spacial score (nSPS) is 17.2. The van der Waals surface area contributed by atoms with Gasteiger partial charge in [0.2, 0.25) is 0 Å². The molecular formula is C12H10Cl2O. The van der Waals surface area contributed by atoms with Crippen molar-refractivity contribution in [3.8, 4) is 0 Å². The summed E-state index contributed by atoms with van der Waals surface area (Å²) in [4.78, 5) is 11.2. The zero-order chi connectivity index (χ0) is 11.1. The number of carbonyl (C=O) groups is 1. The standard InChI is InChI=1S/C12H10Cl2O/c1-2-11(15)9-4-3-8(13)7-10(9)12(14)5-6-12/h2-4,7H,1,5-6H2. The zero-order valence-electron chi connectivity index (χ0n) is 8.09. The predicted octanol–water partition coefficient (Wildman–Crippen LogP) is 3.94. The summed E-state index contributed by atoms with van der Waals surface area (Å²) >= 11 is 12.2. The van der Waals surface area contributed by atoms with Gasteiger partial charge in [0.15, 0.2) is 5.78 Å². The molecule has 0 spiro atoms. The summed E-state index contributed by atoms with van der Waals surface area (Å²) in [5.74, 6) is -0.103. The van der Waals surface area contributed by atoms with Gasteiger partial charge < -0.3 is 0 Å². The van der Waals surface area contributed by atoms with E-state index in [9.17, 15) is 4.79 Å². The van der Waals surface area contributed by atoms with Crippen LogP contribution >= 0.6 is 23.2 Å². The summed E-state index contributed by atoms with van der Waals surface area (Å²) < 4.78 is 0. The van der Waals surface area contributed by atoms with Gasteiger partial charge >= 0.3 is 0 Å². The fourth-order valence-electron chi connectivity index (χ4n) is 1.59. The van der Waals surface area contributed by atoms with Crippen LogP contribution in [0.3, 0.4) is 0 Å². The minimum absolute atomic E-state index is 0.103. The molecule has 0 aromatic heterocycles. The fourth-order valence-corrected chi connectivity index (χ4v) is 2.01. The Kier molecular flexibility index (Phi) is 2.61. The van der Waals surface area contributed by atoms with Gasteiger partial charge in [-0.25, -0.2) is 0 Å². The van der Waals surface area contributed by atoms with Crippen molar-refractivity contribution >= 4 is 29.0 Å². The highest BCUT2D eigenvalue weighted by atomic mass is 35.5. The number of hydrogen-bond acceptors (Lipinski definition) is 1. The summed E-state index contributed by atoms with van der Waals surface area (Å²) in [5.41, 5.74) is 1.45. The van der Waals surface area contributed by atoms with Crippen LogP contribution in [0.2, 0.25) is 5.02 Å². The third-order valence-electron chi connectivity index (χ3n) is 2.60. The van der Waals surface area contributed by atoms with Crippen molar-refractivity contribution in [1.29, 1.82) is 0 Å². The second-order valence-corrected chi connectivity index (χ2v) is 4.88. The van der Waals surface area contributed by atoms with Gasteiger partial charge in [0.05, 0.1) is 4.87 Å². The molecule has 1 fully saturated rings. The first-order chi connectivity index (χ1) is 7.07. The molecule has 15 heavy (non-hydrogen) atoms. The Morgan fingerprint density at radius 3 is 2.67 bits per heavy atom. The van der Waals surface area contributed by atoms with Gasteiger partial charge in [0, 0.05) is 10.6 Å².